The predicted octanol–water partition coefficient (Wildman–Crippen LogP) is 3.87. The summed E-state index contributed by atoms with van der Waals surface area (Å²) in [5.74, 6) is 0.259. The summed E-state index contributed by atoms with van der Waals surface area (Å²) in [4.78, 5) is 26.4. The Labute approximate surface area is 212 Å². The van der Waals surface area contributed by atoms with E-state index in [4.69, 9.17) is 9.47 Å². The number of hydrogen-bond acceptors (Lipinski definition) is 6. The highest BCUT2D eigenvalue weighted by Crippen LogP contribution is 2.76. The number of aliphatic hydroxyl groups is 2. The third-order valence-electron chi connectivity index (χ3n) is 12.3. The topological polar surface area (TPSA) is 93.1 Å². The fourth-order valence-electron chi connectivity index (χ4n) is 10.5. The van der Waals surface area contributed by atoms with Gasteiger partial charge in [-0.3, -0.25) is 4.79 Å². The SMILES string of the molecule is C=C1C(=O)O[C@H]2C[C@H](C)C3=C(C[C@H]12)[C@@]1(C)C[C@H]3C[C@@]12C(=O)O[C@@H]1C[C@@]3(C)[C@@H](O)C[C@@H](O)C(=C)[C@@H]3C[C@@H]12. The highest BCUT2D eigenvalue weighted by molar-refractivity contribution is 5.91. The summed E-state index contributed by atoms with van der Waals surface area (Å²) in [5, 5.41) is 21.6. The number of ether oxygens (including phenoxy) is 2. The minimum atomic E-state index is -0.709. The zero-order valence-electron chi connectivity index (χ0n) is 21.6. The van der Waals surface area contributed by atoms with Crippen LogP contribution >= 0.6 is 0 Å². The van der Waals surface area contributed by atoms with Gasteiger partial charge < -0.3 is 19.7 Å². The molecule has 2 saturated heterocycles. The molecule has 12 atom stereocenters. The molecule has 5 aliphatic carbocycles. The van der Waals surface area contributed by atoms with Crippen molar-refractivity contribution in [3.8, 4) is 0 Å². The van der Waals surface area contributed by atoms with Gasteiger partial charge in [0.25, 0.3) is 0 Å². The molecule has 0 radical (unpaired) electrons. The average Bonchev–Trinajstić information content (AvgIpc) is 3.41. The minimum absolute atomic E-state index is 0.0213. The molecule has 5 fully saturated rings. The summed E-state index contributed by atoms with van der Waals surface area (Å²) in [6, 6.07) is 0. The van der Waals surface area contributed by atoms with Gasteiger partial charge in [-0.2, -0.15) is 0 Å². The van der Waals surface area contributed by atoms with Gasteiger partial charge in [0.2, 0.25) is 0 Å². The van der Waals surface area contributed by atoms with Crippen LogP contribution in [0.2, 0.25) is 0 Å². The van der Waals surface area contributed by atoms with Gasteiger partial charge in [-0.1, -0.05) is 45.1 Å². The molecule has 6 nitrogen and oxygen atoms in total. The van der Waals surface area contributed by atoms with Crippen LogP contribution in [0.5, 0.6) is 0 Å². The Morgan fingerprint density at radius 3 is 2.47 bits per heavy atom. The smallest absolute Gasteiger partial charge is 0.334 e. The first-order valence-corrected chi connectivity index (χ1v) is 13.8. The number of hydrogen-bond donors (Lipinski definition) is 2. The molecule has 6 heteroatoms. The van der Waals surface area contributed by atoms with E-state index in [1.54, 1.807) is 0 Å². The van der Waals surface area contributed by atoms with Crippen LogP contribution in [0.15, 0.2) is 35.5 Å². The Morgan fingerprint density at radius 1 is 0.972 bits per heavy atom. The van der Waals surface area contributed by atoms with Gasteiger partial charge in [-0.15, -0.1) is 0 Å². The minimum Gasteiger partial charge on any atom is -0.462 e. The Kier molecular flexibility index (Phi) is 4.47. The largest absolute Gasteiger partial charge is 0.462 e. The van der Waals surface area contributed by atoms with Gasteiger partial charge in [0.05, 0.1) is 17.6 Å². The van der Waals surface area contributed by atoms with Gasteiger partial charge in [-0.25, -0.2) is 4.79 Å². The molecule has 0 aromatic carbocycles. The van der Waals surface area contributed by atoms with E-state index in [9.17, 15) is 19.8 Å². The van der Waals surface area contributed by atoms with Crippen molar-refractivity contribution in [1.82, 2.24) is 0 Å². The number of allylic oxidation sites excluding steroid dienone is 2. The lowest BCUT2D eigenvalue weighted by Crippen LogP contribution is -2.57. The van der Waals surface area contributed by atoms with Crippen LogP contribution < -0.4 is 0 Å². The number of esters is 2. The summed E-state index contributed by atoms with van der Waals surface area (Å²) in [7, 11) is 0. The summed E-state index contributed by atoms with van der Waals surface area (Å²) >= 11 is 0. The van der Waals surface area contributed by atoms with Crippen molar-refractivity contribution >= 4 is 11.9 Å². The maximum absolute atomic E-state index is 14.0. The average molecular weight is 495 g/mol. The Hall–Kier alpha value is -1.92. The van der Waals surface area contributed by atoms with Crippen molar-refractivity contribution in [3.05, 3.63) is 35.5 Å². The van der Waals surface area contributed by atoms with E-state index in [1.807, 2.05) is 0 Å². The molecule has 2 heterocycles. The first-order chi connectivity index (χ1) is 16.9. The third kappa shape index (κ3) is 2.47. The highest BCUT2D eigenvalue weighted by atomic mass is 16.6. The molecule has 7 aliphatic rings. The second-order valence-corrected chi connectivity index (χ2v) is 13.6. The molecule has 0 aromatic rings. The van der Waals surface area contributed by atoms with E-state index in [0.717, 1.165) is 31.3 Å². The molecular weight excluding hydrogens is 456 g/mol. The van der Waals surface area contributed by atoms with Gasteiger partial charge in [0, 0.05) is 34.7 Å². The van der Waals surface area contributed by atoms with Crippen molar-refractivity contribution in [2.24, 2.45) is 45.8 Å². The summed E-state index contributed by atoms with van der Waals surface area (Å²) in [5.41, 5.74) is 2.82. The van der Waals surface area contributed by atoms with E-state index in [0.29, 0.717) is 36.7 Å². The molecule has 36 heavy (non-hydrogen) atoms. The van der Waals surface area contributed by atoms with Gasteiger partial charge in [0.1, 0.15) is 12.2 Å². The summed E-state index contributed by atoms with van der Waals surface area (Å²) < 4.78 is 12.0. The highest BCUT2D eigenvalue weighted by Gasteiger charge is 2.76. The van der Waals surface area contributed by atoms with E-state index < -0.39 is 23.0 Å². The summed E-state index contributed by atoms with van der Waals surface area (Å²) in [6.45, 7) is 14.9. The van der Waals surface area contributed by atoms with Crippen LogP contribution in [0.25, 0.3) is 0 Å². The number of carbonyl (C=O) groups is 2. The van der Waals surface area contributed by atoms with Crippen LogP contribution in [0.3, 0.4) is 0 Å². The van der Waals surface area contributed by atoms with Crippen LogP contribution in [-0.4, -0.2) is 46.6 Å². The number of fused-ring (bicyclic) bond motifs is 9. The monoisotopic (exact) mass is 494 g/mol. The van der Waals surface area contributed by atoms with Crippen molar-refractivity contribution in [1.29, 1.82) is 0 Å². The van der Waals surface area contributed by atoms with Crippen LogP contribution in [0.4, 0.5) is 0 Å². The fraction of sp³-hybridized carbons (Fsp3) is 0.733. The van der Waals surface area contributed by atoms with E-state index in [-0.39, 0.29) is 47.3 Å². The van der Waals surface area contributed by atoms with Gasteiger partial charge in [-0.05, 0) is 61.9 Å². The quantitative estimate of drug-likeness (QED) is 0.302. The standard InChI is InChI=1S/C30H38O6/c1-13-6-22-17(14(2)26(33)35-22)7-20-25(13)16-10-29(20,5)30(11-16)19-8-18-15(3)21(31)9-24(32)28(18,4)12-23(19)36-27(30)34/h13,16-19,21-24,31-32H,2-3,6-12H2,1,4-5H3/t13-,16-,17+,18-,19-,21+,22-,23+,24-,28+,29+,30+/m0/s1. The lowest BCUT2D eigenvalue weighted by molar-refractivity contribution is -0.154. The molecule has 2 bridgehead atoms. The molecule has 0 amide bonds. The number of aliphatic hydroxyl groups excluding tert-OH is 2. The molecule has 0 unspecified atom stereocenters. The first-order valence-electron chi connectivity index (χ1n) is 13.8. The van der Waals surface area contributed by atoms with Crippen LogP contribution in [0.1, 0.15) is 65.7 Å². The van der Waals surface area contributed by atoms with Gasteiger partial charge >= 0.3 is 11.9 Å². The second-order valence-electron chi connectivity index (χ2n) is 13.6. The van der Waals surface area contributed by atoms with Crippen molar-refractivity contribution in [2.45, 2.75) is 90.1 Å². The number of rotatable bonds is 0. The molecule has 194 valence electrons. The molecule has 2 aliphatic heterocycles. The molecule has 1 spiro atoms. The Morgan fingerprint density at radius 2 is 1.72 bits per heavy atom. The van der Waals surface area contributed by atoms with Crippen molar-refractivity contribution in [2.75, 3.05) is 0 Å². The molecular formula is C30H38O6. The van der Waals surface area contributed by atoms with Crippen LogP contribution in [-0.2, 0) is 19.1 Å². The van der Waals surface area contributed by atoms with Crippen molar-refractivity contribution < 1.29 is 29.3 Å². The lowest BCUT2D eigenvalue weighted by atomic mass is 9.47. The zero-order chi connectivity index (χ0) is 25.5. The molecule has 7 rings (SSSR count). The second kappa shape index (κ2) is 6.93. The van der Waals surface area contributed by atoms with E-state index in [1.165, 1.54) is 11.1 Å². The normalized spacial score (nSPS) is 55.2. The van der Waals surface area contributed by atoms with E-state index in [2.05, 4.69) is 33.9 Å². The van der Waals surface area contributed by atoms with Crippen LogP contribution in [0, 0.1) is 45.8 Å². The third-order valence-corrected chi connectivity index (χ3v) is 12.3. The van der Waals surface area contributed by atoms with Crippen molar-refractivity contribution in [3.63, 3.8) is 0 Å². The van der Waals surface area contributed by atoms with E-state index >= 15 is 0 Å². The fourth-order valence-corrected chi connectivity index (χ4v) is 10.5. The lowest BCUT2D eigenvalue weighted by Gasteiger charge is -2.56. The first kappa shape index (κ1) is 23.2. The molecule has 0 aromatic heterocycles. The summed E-state index contributed by atoms with van der Waals surface area (Å²) in [6.07, 6.45) is 3.22. The predicted molar refractivity (Wildman–Crippen MR) is 131 cm³/mol. The maximum atomic E-state index is 14.0. The zero-order valence-corrected chi connectivity index (χ0v) is 21.6. The van der Waals surface area contributed by atoms with Gasteiger partial charge in [0.15, 0.2) is 0 Å². The number of carbonyl (C=O) groups excluding carboxylic acids is 2. The maximum Gasteiger partial charge on any atom is 0.334 e. The Bertz CT molecular complexity index is 1150. The Balaban J connectivity index is 1.30. The molecule has 2 N–H and O–H groups in total. The molecule has 3 saturated carbocycles.